The second-order valence-electron chi connectivity index (χ2n) is 4.04. The molecule has 1 rings (SSSR count). The number of carbonyl (C=O) groups excluding carboxylic acids is 1. The molecule has 19 heavy (non-hydrogen) atoms. The second kappa shape index (κ2) is 6.16. The Kier molecular flexibility index (Phi) is 5.07. The molecule has 0 saturated heterocycles. The molecule has 0 aliphatic heterocycles. The molecule has 8 heteroatoms. The molecule has 0 saturated carbocycles. The molecule has 7 nitrogen and oxygen atoms in total. The number of carbonyl (C=O) groups is 1. The van der Waals surface area contributed by atoms with Crippen molar-refractivity contribution in [2.75, 3.05) is 6.61 Å². The van der Waals surface area contributed by atoms with E-state index in [9.17, 15) is 13.2 Å². The summed E-state index contributed by atoms with van der Waals surface area (Å²) in [6.45, 7) is 5.61. The van der Waals surface area contributed by atoms with Gasteiger partial charge >= 0.3 is 5.97 Å². The van der Waals surface area contributed by atoms with Crippen LogP contribution in [0.5, 0.6) is 0 Å². The van der Waals surface area contributed by atoms with Gasteiger partial charge in [0.15, 0.2) is 5.03 Å². The van der Waals surface area contributed by atoms with Crippen molar-refractivity contribution in [1.29, 1.82) is 0 Å². The summed E-state index contributed by atoms with van der Waals surface area (Å²) in [5.74, 6) is -0.733. The lowest BCUT2D eigenvalue weighted by Crippen LogP contribution is -2.23. The Morgan fingerprint density at radius 1 is 1.42 bits per heavy atom. The molecule has 1 aromatic rings. The summed E-state index contributed by atoms with van der Waals surface area (Å²) in [5, 5.41) is 8.89. The van der Waals surface area contributed by atoms with Crippen LogP contribution in [0.4, 0.5) is 0 Å². The molecular formula is C11H19N3O4S. The zero-order chi connectivity index (χ0) is 14.6. The number of esters is 1. The number of rotatable bonds is 6. The van der Waals surface area contributed by atoms with Crippen LogP contribution < -0.4 is 5.14 Å². The lowest BCUT2D eigenvalue weighted by molar-refractivity contribution is 0.0521. The van der Waals surface area contributed by atoms with Gasteiger partial charge in [-0.05, 0) is 19.8 Å². The molecule has 0 aromatic carbocycles. The minimum absolute atomic E-state index is 0.115. The van der Waals surface area contributed by atoms with Gasteiger partial charge in [-0.3, -0.25) is 0 Å². The highest BCUT2D eigenvalue weighted by atomic mass is 32.2. The zero-order valence-corrected chi connectivity index (χ0v) is 12.1. The van der Waals surface area contributed by atoms with Crippen LogP contribution in [0.2, 0.25) is 0 Å². The van der Waals surface area contributed by atoms with Gasteiger partial charge in [0.05, 0.1) is 18.8 Å². The number of ether oxygens (including phenoxy) is 1. The number of hydrogen-bond acceptors (Lipinski definition) is 5. The quantitative estimate of drug-likeness (QED) is 0.789. The maximum Gasteiger partial charge on any atom is 0.342 e. The highest BCUT2D eigenvalue weighted by molar-refractivity contribution is 7.89. The van der Waals surface area contributed by atoms with Crippen LogP contribution >= 0.6 is 0 Å². The van der Waals surface area contributed by atoms with Crippen LogP contribution in [0.1, 0.15) is 50.0 Å². The third kappa shape index (κ3) is 3.32. The van der Waals surface area contributed by atoms with Gasteiger partial charge in [-0.15, -0.1) is 0 Å². The van der Waals surface area contributed by atoms with Crippen molar-refractivity contribution in [3.05, 3.63) is 11.8 Å². The van der Waals surface area contributed by atoms with E-state index in [1.165, 1.54) is 10.9 Å². The molecule has 0 spiro atoms. The molecule has 0 aliphatic carbocycles. The standard InChI is InChI=1S/C11H19N3O4S/c1-4-8(5-2)14-10(19(12,16)17)9(7-13-14)11(15)18-6-3/h7-8H,4-6H2,1-3H3,(H2,12,16,17). The topological polar surface area (TPSA) is 104 Å². The van der Waals surface area contributed by atoms with Gasteiger partial charge in [-0.25, -0.2) is 23.0 Å². The Labute approximate surface area is 112 Å². The molecule has 0 bridgehead atoms. The first-order valence-electron chi connectivity index (χ1n) is 6.14. The minimum atomic E-state index is -4.05. The number of hydrogen-bond donors (Lipinski definition) is 1. The molecule has 0 unspecified atom stereocenters. The summed E-state index contributed by atoms with van der Waals surface area (Å²) in [6, 6.07) is -0.128. The average molecular weight is 289 g/mol. The van der Waals surface area contributed by atoms with Crippen molar-refractivity contribution in [1.82, 2.24) is 9.78 Å². The molecular weight excluding hydrogens is 270 g/mol. The van der Waals surface area contributed by atoms with Crippen molar-refractivity contribution < 1.29 is 17.9 Å². The Bertz CT molecular complexity index is 546. The Balaban J connectivity index is 3.40. The molecule has 1 heterocycles. The molecule has 1 aromatic heterocycles. The molecule has 108 valence electrons. The number of primary sulfonamides is 1. The Hall–Kier alpha value is -1.41. The van der Waals surface area contributed by atoms with Crippen LogP contribution in [0.15, 0.2) is 11.2 Å². The normalized spacial score (nSPS) is 11.8. The third-order valence-corrected chi connectivity index (χ3v) is 3.75. The summed E-state index contributed by atoms with van der Waals surface area (Å²) in [7, 11) is -4.05. The van der Waals surface area contributed by atoms with E-state index in [4.69, 9.17) is 9.88 Å². The van der Waals surface area contributed by atoms with Crippen LogP contribution in [-0.2, 0) is 14.8 Å². The van der Waals surface area contributed by atoms with Crippen LogP contribution in [0, 0.1) is 0 Å². The average Bonchev–Trinajstić information content (AvgIpc) is 2.75. The molecule has 2 N–H and O–H groups in total. The van der Waals surface area contributed by atoms with E-state index >= 15 is 0 Å². The largest absolute Gasteiger partial charge is 0.462 e. The van der Waals surface area contributed by atoms with Gasteiger partial charge in [-0.2, -0.15) is 5.10 Å². The zero-order valence-electron chi connectivity index (χ0n) is 11.3. The predicted molar refractivity (Wildman–Crippen MR) is 69.2 cm³/mol. The maximum atomic E-state index is 11.7. The lowest BCUT2D eigenvalue weighted by atomic mass is 10.2. The third-order valence-electron chi connectivity index (χ3n) is 2.80. The number of nitrogens with zero attached hydrogens (tertiary/aromatic N) is 2. The van der Waals surface area contributed by atoms with Gasteiger partial charge < -0.3 is 4.74 Å². The van der Waals surface area contributed by atoms with Crippen molar-refractivity contribution >= 4 is 16.0 Å². The monoisotopic (exact) mass is 289 g/mol. The van der Waals surface area contributed by atoms with Gasteiger partial charge in [-0.1, -0.05) is 13.8 Å². The van der Waals surface area contributed by atoms with Gasteiger partial charge in [0.1, 0.15) is 5.56 Å². The molecule has 0 aliphatic rings. The van der Waals surface area contributed by atoms with Crippen LogP contribution in [-0.4, -0.2) is 30.8 Å². The van der Waals surface area contributed by atoms with E-state index in [1.807, 2.05) is 13.8 Å². The van der Waals surface area contributed by atoms with Crippen molar-refractivity contribution in [3.8, 4) is 0 Å². The van der Waals surface area contributed by atoms with Crippen molar-refractivity contribution in [2.24, 2.45) is 5.14 Å². The molecule has 0 fully saturated rings. The first-order valence-corrected chi connectivity index (χ1v) is 7.68. The van der Waals surface area contributed by atoms with E-state index < -0.39 is 16.0 Å². The van der Waals surface area contributed by atoms with Crippen LogP contribution in [0.25, 0.3) is 0 Å². The Morgan fingerprint density at radius 2 is 2.00 bits per heavy atom. The number of aromatic nitrogens is 2. The van der Waals surface area contributed by atoms with Crippen LogP contribution in [0.3, 0.4) is 0 Å². The minimum Gasteiger partial charge on any atom is -0.462 e. The van der Waals surface area contributed by atoms with E-state index in [2.05, 4.69) is 5.10 Å². The van der Waals surface area contributed by atoms with E-state index in [1.54, 1.807) is 6.92 Å². The fraction of sp³-hybridized carbons (Fsp3) is 0.636. The highest BCUT2D eigenvalue weighted by Gasteiger charge is 2.28. The molecule has 0 radical (unpaired) electrons. The summed E-state index contributed by atoms with van der Waals surface area (Å²) in [6.07, 6.45) is 2.56. The fourth-order valence-corrected chi connectivity index (χ4v) is 2.78. The summed E-state index contributed by atoms with van der Waals surface area (Å²) >= 11 is 0. The smallest absolute Gasteiger partial charge is 0.342 e. The number of sulfonamides is 1. The number of nitrogens with two attached hydrogens (primary N) is 1. The predicted octanol–water partition coefficient (Wildman–Crippen LogP) is 1.07. The molecule has 0 atom stereocenters. The van der Waals surface area contributed by atoms with Gasteiger partial charge in [0.2, 0.25) is 0 Å². The second-order valence-corrected chi connectivity index (χ2v) is 5.52. The van der Waals surface area contributed by atoms with E-state index in [0.717, 1.165) is 0 Å². The lowest BCUT2D eigenvalue weighted by Gasteiger charge is -2.16. The van der Waals surface area contributed by atoms with Crippen molar-refractivity contribution in [2.45, 2.75) is 44.7 Å². The SMILES string of the molecule is CCOC(=O)c1cnn(C(CC)CC)c1S(N)(=O)=O. The molecule has 0 amide bonds. The summed E-state index contributed by atoms with van der Waals surface area (Å²) in [5.41, 5.74) is -0.115. The van der Waals surface area contributed by atoms with E-state index in [-0.39, 0.29) is 23.2 Å². The summed E-state index contributed by atoms with van der Waals surface area (Å²) < 4.78 is 29.5. The summed E-state index contributed by atoms with van der Waals surface area (Å²) in [4.78, 5) is 11.7. The Morgan fingerprint density at radius 3 is 2.42 bits per heavy atom. The van der Waals surface area contributed by atoms with E-state index in [0.29, 0.717) is 12.8 Å². The van der Waals surface area contributed by atoms with Gasteiger partial charge in [0.25, 0.3) is 10.0 Å². The fourth-order valence-electron chi connectivity index (χ4n) is 1.88. The first-order chi connectivity index (χ1) is 8.86. The van der Waals surface area contributed by atoms with Crippen molar-refractivity contribution in [3.63, 3.8) is 0 Å². The van der Waals surface area contributed by atoms with Gasteiger partial charge in [0, 0.05) is 0 Å². The maximum absolute atomic E-state index is 11.7. The highest BCUT2D eigenvalue weighted by Crippen LogP contribution is 2.23. The first kappa shape index (κ1) is 15.6.